The lowest BCUT2D eigenvalue weighted by atomic mass is 9.86. The van der Waals surface area contributed by atoms with Gasteiger partial charge in [0.05, 0.1) is 5.02 Å². The number of carbonyl (C=O) groups excluding carboxylic acids is 1. The molecule has 0 unspecified atom stereocenters. The van der Waals surface area contributed by atoms with Gasteiger partial charge in [-0.05, 0) is 18.2 Å². The van der Waals surface area contributed by atoms with Crippen molar-refractivity contribution in [1.82, 2.24) is 0 Å². The first kappa shape index (κ1) is 10.3. The predicted octanol–water partition coefficient (Wildman–Crippen LogP) is 3.37. The standard InChI is InChI=1S/C11H12ClO/c1-11(2,3)10(13)8-6-4-5-7-9(8)12/h4,6-7H,1-3H3. The Morgan fingerprint density at radius 1 is 1.46 bits per heavy atom. The van der Waals surface area contributed by atoms with Crippen molar-refractivity contribution in [1.29, 1.82) is 0 Å². The summed E-state index contributed by atoms with van der Waals surface area (Å²) < 4.78 is 0. The molecule has 1 rings (SSSR count). The highest BCUT2D eigenvalue weighted by atomic mass is 35.5. The zero-order valence-electron chi connectivity index (χ0n) is 8.02. The van der Waals surface area contributed by atoms with Gasteiger partial charge in [0, 0.05) is 11.0 Å². The van der Waals surface area contributed by atoms with Crippen LogP contribution in [0.15, 0.2) is 18.2 Å². The molecule has 0 N–H and O–H groups in total. The molecule has 0 bridgehead atoms. The molecular weight excluding hydrogens is 184 g/mol. The lowest BCUT2D eigenvalue weighted by Crippen LogP contribution is -2.20. The molecule has 0 aromatic heterocycles. The molecule has 1 aromatic carbocycles. The van der Waals surface area contributed by atoms with Gasteiger partial charge in [0.2, 0.25) is 0 Å². The van der Waals surface area contributed by atoms with Crippen molar-refractivity contribution in [2.45, 2.75) is 20.8 Å². The zero-order chi connectivity index (χ0) is 10.1. The number of benzene rings is 1. The average molecular weight is 196 g/mol. The highest BCUT2D eigenvalue weighted by Crippen LogP contribution is 2.25. The van der Waals surface area contributed by atoms with Crippen LogP contribution in [0.2, 0.25) is 5.02 Å². The van der Waals surface area contributed by atoms with Gasteiger partial charge < -0.3 is 0 Å². The summed E-state index contributed by atoms with van der Waals surface area (Å²) in [4.78, 5) is 11.8. The van der Waals surface area contributed by atoms with Crippen LogP contribution >= 0.6 is 11.6 Å². The lowest BCUT2D eigenvalue weighted by Gasteiger charge is -2.17. The molecule has 0 fully saturated rings. The Bertz CT molecular complexity index is 323. The molecule has 1 radical (unpaired) electrons. The van der Waals surface area contributed by atoms with E-state index in [4.69, 9.17) is 11.6 Å². The lowest BCUT2D eigenvalue weighted by molar-refractivity contribution is 0.0858. The van der Waals surface area contributed by atoms with Gasteiger partial charge in [-0.1, -0.05) is 38.4 Å². The van der Waals surface area contributed by atoms with Gasteiger partial charge in [0.25, 0.3) is 0 Å². The SMILES string of the molecule is CC(C)(C)C(=O)c1cc[c]cc1Cl. The Morgan fingerprint density at radius 3 is 2.54 bits per heavy atom. The molecule has 2 heteroatoms. The first-order valence-corrected chi connectivity index (χ1v) is 4.51. The fourth-order valence-electron chi connectivity index (χ4n) is 0.998. The Hall–Kier alpha value is -0.820. The molecule has 0 aliphatic heterocycles. The van der Waals surface area contributed by atoms with E-state index in [1.165, 1.54) is 0 Å². The number of rotatable bonds is 1. The Labute approximate surface area is 83.7 Å². The van der Waals surface area contributed by atoms with Crippen molar-refractivity contribution in [3.8, 4) is 0 Å². The van der Waals surface area contributed by atoms with Crippen LogP contribution in [-0.2, 0) is 0 Å². The summed E-state index contributed by atoms with van der Waals surface area (Å²) in [6.07, 6.45) is 0. The van der Waals surface area contributed by atoms with E-state index in [1.54, 1.807) is 18.2 Å². The molecule has 0 aliphatic carbocycles. The fourth-order valence-corrected chi connectivity index (χ4v) is 1.21. The van der Waals surface area contributed by atoms with E-state index in [2.05, 4.69) is 6.07 Å². The minimum Gasteiger partial charge on any atom is -0.294 e. The molecule has 0 heterocycles. The van der Waals surface area contributed by atoms with Gasteiger partial charge >= 0.3 is 0 Å². The molecule has 69 valence electrons. The summed E-state index contributed by atoms with van der Waals surface area (Å²) in [5, 5.41) is 0.474. The average Bonchev–Trinajstić information content (AvgIpc) is 2.02. The minimum absolute atomic E-state index is 0.0616. The third kappa shape index (κ3) is 2.31. The topological polar surface area (TPSA) is 17.1 Å². The molecule has 0 saturated heterocycles. The number of hydrogen-bond donors (Lipinski definition) is 0. The van der Waals surface area contributed by atoms with Gasteiger partial charge in [-0.15, -0.1) is 0 Å². The highest BCUT2D eigenvalue weighted by molar-refractivity contribution is 6.34. The molecule has 1 aromatic rings. The molecule has 13 heavy (non-hydrogen) atoms. The molecule has 0 aliphatic rings. The van der Waals surface area contributed by atoms with Crippen LogP contribution < -0.4 is 0 Å². The first-order valence-electron chi connectivity index (χ1n) is 4.13. The minimum atomic E-state index is -0.384. The number of halogens is 1. The van der Waals surface area contributed by atoms with Gasteiger partial charge in [-0.3, -0.25) is 4.79 Å². The second-order valence-corrected chi connectivity index (χ2v) is 4.39. The third-order valence-electron chi connectivity index (χ3n) is 1.74. The maximum atomic E-state index is 11.8. The largest absolute Gasteiger partial charge is 0.294 e. The molecule has 0 amide bonds. The van der Waals surface area contributed by atoms with Crippen LogP contribution in [0, 0.1) is 11.5 Å². The summed E-state index contributed by atoms with van der Waals surface area (Å²) in [5.41, 5.74) is 0.193. The quantitative estimate of drug-likeness (QED) is 0.628. The van der Waals surface area contributed by atoms with Crippen LogP contribution in [0.3, 0.4) is 0 Å². The molecular formula is C11H12ClO. The molecule has 0 spiro atoms. The second-order valence-electron chi connectivity index (χ2n) is 3.99. The first-order chi connectivity index (χ1) is 5.93. The summed E-state index contributed by atoms with van der Waals surface area (Å²) in [6, 6.07) is 7.84. The van der Waals surface area contributed by atoms with Crippen LogP contribution in [0.4, 0.5) is 0 Å². The predicted molar refractivity (Wildman–Crippen MR) is 54.1 cm³/mol. The van der Waals surface area contributed by atoms with E-state index in [1.807, 2.05) is 20.8 Å². The van der Waals surface area contributed by atoms with Crippen molar-refractivity contribution in [2.24, 2.45) is 5.41 Å². The van der Waals surface area contributed by atoms with E-state index in [0.29, 0.717) is 10.6 Å². The van der Waals surface area contributed by atoms with E-state index >= 15 is 0 Å². The third-order valence-corrected chi connectivity index (χ3v) is 2.05. The molecule has 0 atom stereocenters. The van der Waals surface area contributed by atoms with Gasteiger partial charge in [-0.2, -0.15) is 0 Å². The normalized spacial score (nSPS) is 11.4. The van der Waals surface area contributed by atoms with Crippen molar-refractivity contribution >= 4 is 17.4 Å². The maximum Gasteiger partial charge on any atom is 0.169 e. The van der Waals surface area contributed by atoms with Crippen molar-refractivity contribution < 1.29 is 4.79 Å². The van der Waals surface area contributed by atoms with Crippen molar-refractivity contribution in [2.75, 3.05) is 0 Å². The number of carbonyl (C=O) groups is 1. The zero-order valence-corrected chi connectivity index (χ0v) is 8.77. The van der Waals surface area contributed by atoms with E-state index in [0.717, 1.165) is 0 Å². The fraction of sp³-hybridized carbons (Fsp3) is 0.364. The van der Waals surface area contributed by atoms with E-state index in [9.17, 15) is 4.79 Å². The summed E-state index contributed by atoms with van der Waals surface area (Å²) >= 11 is 5.87. The van der Waals surface area contributed by atoms with E-state index < -0.39 is 0 Å². The van der Waals surface area contributed by atoms with Crippen LogP contribution in [0.1, 0.15) is 31.1 Å². The highest BCUT2D eigenvalue weighted by Gasteiger charge is 2.24. The van der Waals surface area contributed by atoms with Crippen LogP contribution in [0.25, 0.3) is 0 Å². The number of Topliss-reactive ketones (excluding diaryl/α,β-unsaturated/α-hetero) is 1. The van der Waals surface area contributed by atoms with Crippen molar-refractivity contribution in [3.63, 3.8) is 0 Å². The monoisotopic (exact) mass is 195 g/mol. The van der Waals surface area contributed by atoms with Gasteiger partial charge in [0.15, 0.2) is 5.78 Å². The van der Waals surface area contributed by atoms with E-state index in [-0.39, 0.29) is 11.2 Å². The summed E-state index contributed by atoms with van der Waals surface area (Å²) in [5.74, 6) is 0.0616. The van der Waals surface area contributed by atoms with Crippen molar-refractivity contribution in [3.05, 3.63) is 34.9 Å². The van der Waals surface area contributed by atoms with Crippen LogP contribution in [-0.4, -0.2) is 5.78 Å². The van der Waals surface area contributed by atoms with Gasteiger partial charge in [-0.25, -0.2) is 0 Å². The maximum absolute atomic E-state index is 11.8. The summed E-state index contributed by atoms with van der Waals surface area (Å²) in [6.45, 7) is 5.63. The van der Waals surface area contributed by atoms with Crippen LogP contribution in [0.5, 0.6) is 0 Å². The Morgan fingerprint density at radius 2 is 2.08 bits per heavy atom. The number of ketones is 1. The Balaban J connectivity index is 3.10. The second kappa shape index (κ2) is 3.51. The Kier molecular flexibility index (Phi) is 2.77. The van der Waals surface area contributed by atoms with Gasteiger partial charge in [0.1, 0.15) is 0 Å². The molecule has 1 nitrogen and oxygen atoms in total. The smallest absolute Gasteiger partial charge is 0.169 e. The number of hydrogen-bond acceptors (Lipinski definition) is 1. The molecule has 0 saturated carbocycles. The summed E-state index contributed by atoms with van der Waals surface area (Å²) in [7, 11) is 0.